The molecular formula is C20H20Br2N4OS. The minimum absolute atomic E-state index is 0.0608. The van der Waals surface area contributed by atoms with E-state index in [0.717, 1.165) is 48.8 Å². The molecule has 3 rings (SSSR count). The Kier molecular flexibility index (Phi) is 6.95. The molecule has 146 valence electrons. The van der Waals surface area contributed by atoms with Crippen LogP contribution in [0.2, 0.25) is 0 Å². The molecule has 8 heteroatoms. The van der Waals surface area contributed by atoms with Gasteiger partial charge in [-0.3, -0.25) is 4.79 Å². The number of carbonyl (C=O) groups excluding carboxylic acids is 1. The van der Waals surface area contributed by atoms with Gasteiger partial charge in [-0.2, -0.15) is 0 Å². The first-order valence-corrected chi connectivity index (χ1v) is 11.3. The number of nitrogens with one attached hydrogen (secondary N) is 1. The first kappa shape index (κ1) is 21.1. The predicted octanol–water partition coefficient (Wildman–Crippen LogP) is 5.84. The minimum atomic E-state index is -0.0608. The Labute approximate surface area is 185 Å². The van der Waals surface area contributed by atoms with Crippen LogP contribution in [-0.4, -0.2) is 26.4 Å². The molecule has 0 bridgehead atoms. The lowest BCUT2D eigenvalue weighted by Crippen LogP contribution is -2.16. The number of carbonyl (C=O) groups is 1. The van der Waals surface area contributed by atoms with Crippen LogP contribution in [0.3, 0.4) is 0 Å². The molecule has 0 aliphatic rings. The highest BCUT2D eigenvalue weighted by molar-refractivity contribution is 9.10. The summed E-state index contributed by atoms with van der Waals surface area (Å²) in [5.74, 6) is 1.01. The van der Waals surface area contributed by atoms with Gasteiger partial charge < -0.3 is 9.88 Å². The first-order valence-electron chi connectivity index (χ1n) is 8.77. The average Bonchev–Trinajstić information content (AvgIpc) is 3.06. The highest BCUT2D eigenvalue weighted by Crippen LogP contribution is 2.27. The second-order valence-electron chi connectivity index (χ2n) is 6.31. The number of nitrogens with zero attached hydrogens (tertiary/aromatic N) is 3. The number of hydrogen-bond acceptors (Lipinski definition) is 4. The molecule has 0 fully saturated rings. The van der Waals surface area contributed by atoms with Gasteiger partial charge in [-0.05, 0) is 56.2 Å². The van der Waals surface area contributed by atoms with Crippen molar-refractivity contribution in [1.82, 2.24) is 14.8 Å². The molecule has 0 radical (unpaired) electrons. The molecule has 1 heterocycles. The second kappa shape index (κ2) is 9.24. The molecule has 1 aromatic heterocycles. The van der Waals surface area contributed by atoms with Crippen LogP contribution in [0.15, 0.2) is 50.5 Å². The summed E-state index contributed by atoms with van der Waals surface area (Å²) in [7, 11) is 0. The first-order chi connectivity index (χ1) is 13.4. The molecule has 0 spiro atoms. The zero-order valence-corrected chi connectivity index (χ0v) is 19.8. The SMILES string of the molecule is CCn1c(SCC(=O)Nc2c(C)cc(Br)cc2C)nnc1-c1ccc(Br)cc1. The van der Waals surface area contributed by atoms with Gasteiger partial charge in [0.25, 0.3) is 0 Å². The summed E-state index contributed by atoms with van der Waals surface area (Å²) in [5, 5.41) is 12.4. The number of benzene rings is 2. The summed E-state index contributed by atoms with van der Waals surface area (Å²) in [6, 6.07) is 11.9. The lowest BCUT2D eigenvalue weighted by molar-refractivity contribution is -0.113. The van der Waals surface area contributed by atoms with Gasteiger partial charge in [0, 0.05) is 26.7 Å². The number of anilines is 1. The van der Waals surface area contributed by atoms with Crippen molar-refractivity contribution in [2.24, 2.45) is 0 Å². The summed E-state index contributed by atoms with van der Waals surface area (Å²) < 4.78 is 4.05. The fraction of sp³-hybridized carbons (Fsp3) is 0.250. The summed E-state index contributed by atoms with van der Waals surface area (Å²) >= 11 is 8.32. The Bertz CT molecular complexity index is 979. The molecule has 0 aliphatic heterocycles. The smallest absolute Gasteiger partial charge is 0.234 e. The van der Waals surface area contributed by atoms with E-state index in [1.807, 2.05) is 61.7 Å². The number of halogens is 2. The summed E-state index contributed by atoms with van der Waals surface area (Å²) in [5.41, 5.74) is 3.91. The highest BCUT2D eigenvalue weighted by Gasteiger charge is 2.15. The van der Waals surface area contributed by atoms with E-state index in [9.17, 15) is 4.79 Å². The Morgan fingerprint density at radius 2 is 1.71 bits per heavy atom. The number of amides is 1. The maximum atomic E-state index is 12.5. The summed E-state index contributed by atoms with van der Waals surface area (Å²) in [6.07, 6.45) is 0. The summed E-state index contributed by atoms with van der Waals surface area (Å²) in [4.78, 5) is 12.5. The third-order valence-corrected chi connectivity index (χ3v) is 6.18. The third kappa shape index (κ3) is 4.85. The second-order valence-corrected chi connectivity index (χ2v) is 9.08. The topological polar surface area (TPSA) is 59.8 Å². The fourth-order valence-electron chi connectivity index (χ4n) is 2.91. The van der Waals surface area contributed by atoms with E-state index < -0.39 is 0 Å². The van der Waals surface area contributed by atoms with E-state index >= 15 is 0 Å². The maximum Gasteiger partial charge on any atom is 0.234 e. The van der Waals surface area contributed by atoms with Crippen LogP contribution in [0.4, 0.5) is 5.69 Å². The van der Waals surface area contributed by atoms with Crippen LogP contribution in [-0.2, 0) is 11.3 Å². The van der Waals surface area contributed by atoms with Gasteiger partial charge in [0.1, 0.15) is 0 Å². The van der Waals surface area contributed by atoms with Crippen LogP contribution in [0, 0.1) is 13.8 Å². The Hall–Kier alpha value is -1.64. The average molecular weight is 524 g/mol. The van der Waals surface area contributed by atoms with Crippen LogP contribution in [0.25, 0.3) is 11.4 Å². The predicted molar refractivity (Wildman–Crippen MR) is 122 cm³/mol. The van der Waals surface area contributed by atoms with Crippen molar-refractivity contribution in [3.8, 4) is 11.4 Å². The standard InChI is InChI=1S/C20H20Br2N4OS/c1-4-26-19(14-5-7-15(21)8-6-14)24-25-20(26)28-11-17(27)23-18-12(2)9-16(22)10-13(18)3/h5-10H,4,11H2,1-3H3,(H,23,27). The Morgan fingerprint density at radius 3 is 2.32 bits per heavy atom. The number of thioether (sulfide) groups is 1. The van der Waals surface area contributed by atoms with Crippen LogP contribution in [0.5, 0.6) is 0 Å². The quantitative estimate of drug-likeness (QED) is 0.412. The highest BCUT2D eigenvalue weighted by atomic mass is 79.9. The largest absolute Gasteiger partial charge is 0.325 e. The maximum absolute atomic E-state index is 12.5. The van der Waals surface area contributed by atoms with Crippen molar-refractivity contribution in [1.29, 1.82) is 0 Å². The lowest BCUT2D eigenvalue weighted by atomic mass is 10.1. The van der Waals surface area contributed by atoms with Crippen molar-refractivity contribution in [2.75, 3.05) is 11.1 Å². The van der Waals surface area contributed by atoms with Crippen molar-refractivity contribution in [2.45, 2.75) is 32.5 Å². The van der Waals surface area contributed by atoms with Crippen molar-refractivity contribution >= 4 is 55.2 Å². The Morgan fingerprint density at radius 1 is 1.07 bits per heavy atom. The van der Waals surface area contributed by atoms with E-state index in [-0.39, 0.29) is 11.7 Å². The molecule has 0 atom stereocenters. The van der Waals surface area contributed by atoms with E-state index in [1.165, 1.54) is 11.8 Å². The molecule has 0 aliphatic carbocycles. The van der Waals surface area contributed by atoms with E-state index in [2.05, 4.69) is 47.4 Å². The molecule has 0 unspecified atom stereocenters. The molecular weight excluding hydrogens is 504 g/mol. The van der Waals surface area contributed by atoms with Gasteiger partial charge in [-0.25, -0.2) is 0 Å². The lowest BCUT2D eigenvalue weighted by Gasteiger charge is -2.12. The van der Waals surface area contributed by atoms with Crippen LogP contribution in [0.1, 0.15) is 18.1 Å². The molecule has 0 saturated heterocycles. The third-order valence-electron chi connectivity index (χ3n) is 4.23. The van der Waals surface area contributed by atoms with Crippen molar-refractivity contribution in [3.05, 3.63) is 56.5 Å². The van der Waals surface area contributed by atoms with E-state index in [1.54, 1.807) is 0 Å². The van der Waals surface area contributed by atoms with Crippen molar-refractivity contribution in [3.63, 3.8) is 0 Å². The number of aromatic nitrogens is 3. The molecule has 1 N–H and O–H groups in total. The summed E-state index contributed by atoms with van der Waals surface area (Å²) in [6.45, 7) is 6.75. The van der Waals surface area contributed by atoms with Gasteiger partial charge in [-0.1, -0.05) is 55.8 Å². The number of rotatable bonds is 6. The molecule has 3 aromatic rings. The molecule has 0 saturated carbocycles. The zero-order chi connectivity index (χ0) is 20.3. The minimum Gasteiger partial charge on any atom is -0.325 e. The van der Waals surface area contributed by atoms with Gasteiger partial charge in [0.2, 0.25) is 5.91 Å². The van der Waals surface area contributed by atoms with Gasteiger partial charge in [0.05, 0.1) is 5.75 Å². The monoisotopic (exact) mass is 522 g/mol. The van der Waals surface area contributed by atoms with Gasteiger partial charge >= 0.3 is 0 Å². The van der Waals surface area contributed by atoms with Crippen molar-refractivity contribution < 1.29 is 4.79 Å². The van der Waals surface area contributed by atoms with Gasteiger partial charge in [-0.15, -0.1) is 10.2 Å². The fourth-order valence-corrected chi connectivity index (χ4v) is 4.66. The zero-order valence-electron chi connectivity index (χ0n) is 15.8. The van der Waals surface area contributed by atoms with E-state index in [4.69, 9.17) is 0 Å². The normalized spacial score (nSPS) is 10.9. The van der Waals surface area contributed by atoms with E-state index in [0.29, 0.717) is 0 Å². The molecule has 5 nitrogen and oxygen atoms in total. The number of hydrogen-bond donors (Lipinski definition) is 1. The molecule has 28 heavy (non-hydrogen) atoms. The molecule has 1 amide bonds. The van der Waals surface area contributed by atoms with Crippen LogP contribution >= 0.6 is 43.6 Å². The molecule has 2 aromatic carbocycles. The Balaban J connectivity index is 1.71. The van der Waals surface area contributed by atoms with Crippen LogP contribution < -0.4 is 5.32 Å². The number of aryl methyl sites for hydroxylation is 2. The van der Waals surface area contributed by atoms with Gasteiger partial charge in [0.15, 0.2) is 11.0 Å².